The highest BCUT2D eigenvalue weighted by Crippen LogP contribution is 2.32. The van der Waals surface area contributed by atoms with Gasteiger partial charge < -0.3 is 14.6 Å². The fourth-order valence-corrected chi connectivity index (χ4v) is 2.31. The van der Waals surface area contributed by atoms with Gasteiger partial charge in [-0.3, -0.25) is 4.79 Å². The van der Waals surface area contributed by atoms with E-state index >= 15 is 0 Å². The summed E-state index contributed by atoms with van der Waals surface area (Å²) in [6.45, 7) is 2.71. The maximum absolute atomic E-state index is 12.9. The molecule has 1 saturated heterocycles. The van der Waals surface area contributed by atoms with E-state index in [0.717, 1.165) is 11.8 Å². The van der Waals surface area contributed by atoms with Crippen LogP contribution >= 0.6 is 0 Å². The number of hydrogen-bond donors (Lipinski definition) is 1. The summed E-state index contributed by atoms with van der Waals surface area (Å²) in [5.74, 6) is -0.236. The third-order valence-electron chi connectivity index (χ3n) is 3.22. The van der Waals surface area contributed by atoms with Gasteiger partial charge >= 0.3 is 12.2 Å². The van der Waals surface area contributed by atoms with Crippen LogP contribution in [0.4, 0.5) is 19.2 Å². The Kier molecular flexibility index (Phi) is 3.87. The van der Waals surface area contributed by atoms with E-state index in [-0.39, 0.29) is 31.4 Å². The number of hydrogen-bond acceptors (Lipinski definition) is 5. The third-order valence-corrected chi connectivity index (χ3v) is 3.22. The number of aromatic nitrogens is 2. The van der Waals surface area contributed by atoms with E-state index in [2.05, 4.69) is 15.5 Å². The topological polar surface area (TPSA) is 71.3 Å². The van der Waals surface area contributed by atoms with Gasteiger partial charge in [-0.2, -0.15) is 13.2 Å². The van der Waals surface area contributed by atoms with Crippen LogP contribution in [-0.2, 0) is 4.79 Å². The Labute approximate surface area is 113 Å². The van der Waals surface area contributed by atoms with Crippen LogP contribution in [-0.4, -0.2) is 45.8 Å². The maximum Gasteiger partial charge on any atom is 0.408 e. The number of alkyl halides is 3. The van der Waals surface area contributed by atoms with Crippen molar-refractivity contribution in [2.24, 2.45) is 0 Å². The van der Waals surface area contributed by atoms with Crippen LogP contribution in [0.1, 0.15) is 25.7 Å². The number of amides is 1. The first kappa shape index (κ1) is 14.6. The van der Waals surface area contributed by atoms with Crippen molar-refractivity contribution in [1.29, 1.82) is 0 Å². The van der Waals surface area contributed by atoms with E-state index < -0.39 is 18.1 Å². The van der Waals surface area contributed by atoms with Crippen LogP contribution in [0, 0.1) is 6.92 Å². The molecule has 0 radical (unpaired) electrons. The molecule has 2 rings (SSSR count). The molecule has 0 aliphatic carbocycles. The molecular formula is C11H15F3N4O2. The molecule has 0 bridgehead atoms. The third kappa shape index (κ3) is 3.20. The summed E-state index contributed by atoms with van der Waals surface area (Å²) in [7, 11) is 0. The van der Waals surface area contributed by atoms with Crippen LogP contribution in [0.5, 0.6) is 0 Å². The van der Waals surface area contributed by atoms with Crippen LogP contribution in [0.2, 0.25) is 0 Å². The van der Waals surface area contributed by atoms with Gasteiger partial charge in [0.1, 0.15) is 6.04 Å². The first-order valence-corrected chi connectivity index (χ1v) is 6.18. The van der Waals surface area contributed by atoms with Crippen molar-refractivity contribution >= 4 is 11.9 Å². The lowest BCUT2D eigenvalue weighted by Crippen LogP contribution is -2.55. The van der Waals surface area contributed by atoms with Gasteiger partial charge in [-0.05, 0) is 12.8 Å². The molecule has 1 aromatic heterocycles. The van der Waals surface area contributed by atoms with Gasteiger partial charge in [0.15, 0.2) is 0 Å². The molecule has 1 aromatic rings. The quantitative estimate of drug-likeness (QED) is 0.899. The predicted octanol–water partition coefficient (Wildman–Crippen LogP) is 1.73. The van der Waals surface area contributed by atoms with Gasteiger partial charge in [-0.15, -0.1) is 5.10 Å². The summed E-state index contributed by atoms with van der Waals surface area (Å²) in [5, 5.41) is 10.2. The molecule has 112 valence electrons. The second-order valence-electron chi connectivity index (χ2n) is 4.77. The standard InChI is InChI=1S/C11H15F3N4O2/c1-6-16-17-10(20-6)15-8-3-4-9(11(12,13)14)18(5-8)7(2)19/h8-9H,3-5H2,1-2H3,(H,15,17)/t8-,9+/m0/s1. The Bertz CT molecular complexity index is 488. The van der Waals surface area contributed by atoms with Crippen LogP contribution in [0.25, 0.3) is 0 Å². The minimum Gasteiger partial charge on any atom is -0.408 e. The van der Waals surface area contributed by atoms with Crippen LogP contribution in [0.3, 0.4) is 0 Å². The summed E-state index contributed by atoms with van der Waals surface area (Å²) < 4.78 is 43.7. The van der Waals surface area contributed by atoms with Crippen molar-refractivity contribution in [1.82, 2.24) is 15.1 Å². The lowest BCUT2D eigenvalue weighted by molar-refractivity contribution is -0.195. The van der Waals surface area contributed by atoms with Crippen LogP contribution < -0.4 is 5.32 Å². The zero-order valence-electron chi connectivity index (χ0n) is 11.1. The summed E-state index contributed by atoms with van der Waals surface area (Å²) in [5.41, 5.74) is 0. The summed E-state index contributed by atoms with van der Waals surface area (Å²) in [6, 6.07) is -1.90. The van der Waals surface area contributed by atoms with Crippen molar-refractivity contribution < 1.29 is 22.4 Å². The van der Waals surface area contributed by atoms with Gasteiger partial charge in [0.2, 0.25) is 11.8 Å². The predicted molar refractivity (Wildman–Crippen MR) is 62.9 cm³/mol. The average molecular weight is 292 g/mol. The highest BCUT2D eigenvalue weighted by atomic mass is 19.4. The molecule has 0 aromatic carbocycles. The number of carbonyl (C=O) groups is 1. The Morgan fingerprint density at radius 1 is 1.40 bits per heavy atom. The number of piperidine rings is 1. The van der Waals surface area contributed by atoms with Gasteiger partial charge in [-0.1, -0.05) is 5.10 Å². The number of halogens is 3. The van der Waals surface area contributed by atoms with E-state index in [1.54, 1.807) is 6.92 Å². The van der Waals surface area contributed by atoms with Gasteiger partial charge in [0.25, 0.3) is 0 Å². The lowest BCUT2D eigenvalue weighted by atomic mass is 9.97. The molecule has 2 atom stereocenters. The lowest BCUT2D eigenvalue weighted by Gasteiger charge is -2.39. The second kappa shape index (κ2) is 5.29. The number of likely N-dealkylation sites (tertiary alicyclic amines) is 1. The van der Waals surface area contributed by atoms with E-state index in [9.17, 15) is 18.0 Å². The van der Waals surface area contributed by atoms with Crippen molar-refractivity contribution in [3.8, 4) is 0 Å². The number of nitrogens with zero attached hydrogens (tertiary/aromatic N) is 3. The number of carbonyl (C=O) groups excluding carboxylic acids is 1. The fourth-order valence-electron chi connectivity index (χ4n) is 2.31. The smallest absolute Gasteiger partial charge is 0.408 e. The van der Waals surface area contributed by atoms with Crippen molar-refractivity contribution in [2.75, 3.05) is 11.9 Å². The summed E-state index contributed by atoms with van der Waals surface area (Å²) >= 11 is 0. The van der Waals surface area contributed by atoms with Crippen molar-refractivity contribution in [3.05, 3.63) is 5.89 Å². The second-order valence-corrected chi connectivity index (χ2v) is 4.77. The highest BCUT2D eigenvalue weighted by Gasteiger charge is 2.47. The Balaban J connectivity index is 2.05. The molecule has 1 aliphatic rings. The minimum atomic E-state index is -4.41. The van der Waals surface area contributed by atoms with Crippen molar-refractivity contribution in [3.63, 3.8) is 0 Å². The number of rotatable bonds is 2. The van der Waals surface area contributed by atoms with E-state index in [4.69, 9.17) is 4.42 Å². The summed E-state index contributed by atoms with van der Waals surface area (Å²) in [6.07, 6.45) is -4.28. The van der Waals surface area contributed by atoms with E-state index in [1.807, 2.05) is 0 Å². The number of nitrogens with one attached hydrogen (secondary N) is 1. The first-order chi connectivity index (χ1) is 9.27. The highest BCUT2D eigenvalue weighted by molar-refractivity contribution is 5.74. The Hall–Kier alpha value is -1.80. The summed E-state index contributed by atoms with van der Waals surface area (Å²) in [4.78, 5) is 12.2. The zero-order chi connectivity index (χ0) is 14.9. The first-order valence-electron chi connectivity index (χ1n) is 6.18. The molecule has 0 saturated carbocycles. The SMILES string of the molecule is CC(=O)N1C[C@@H](Nc2nnc(C)o2)CC[C@@H]1C(F)(F)F. The fraction of sp³-hybridized carbons (Fsp3) is 0.727. The largest absolute Gasteiger partial charge is 0.408 e. The Morgan fingerprint density at radius 3 is 2.60 bits per heavy atom. The average Bonchev–Trinajstić information content (AvgIpc) is 2.73. The zero-order valence-corrected chi connectivity index (χ0v) is 11.1. The van der Waals surface area contributed by atoms with E-state index in [0.29, 0.717) is 5.89 Å². The molecule has 0 spiro atoms. The number of aryl methyl sites for hydroxylation is 1. The van der Waals surface area contributed by atoms with Gasteiger partial charge in [0.05, 0.1) is 0 Å². The van der Waals surface area contributed by atoms with Gasteiger partial charge in [-0.25, -0.2) is 0 Å². The molecule has 0 unspecified atom stereocenters. The maximum atomic E-state index is 12.9. The molecule has 9 heteroatoms. The molecule has 1 amide bonds. The molecule has 1 fully saturated rings. The molecular weight excluding hydrogens is 277 g/mol. The molecule has 1 N–H and O–H groups in total. The molecule has 2 heterocycles. The molecule has 6 nitrogen and oxygen atoms in total. The van der Waals surface area contributed by atoms with Gasteiger partial charge in [0, 0.05) is 26.4 Å². The monoisotopic (exact) mass is 292 g/mol. The van der Waals surface area contributed by atoms with E-state index in [1.165, 1.54) is 0 Å². The Morgan fingerprint density at radius 2 is 2.10 bits per heavy atom. The van der Waals surface area contributed by atoms with Crippen LogP contribution in [0.15, 0.2) is 4.42 Å². The van der Waals surface area contributed by atoms with Crippen molar-refractivity contribution in [2.45, 2.75) is 44.9 Å². The normalized spacial score (nSPS) is 23.8. The number of anilines is 1. The minimum absolute atomic E-state index is 0.0407. The molecule has 1 aliphatic heterocycles. The molecule has 20 heavy (non-hydrogen) atoms.